The lowest BCUT2D eigenvalue weighted by Crippen LogP contribution is -2.34. The number of halogens is 1. The maximum absolute atomic E-state index is 11.8. The van der Waals surface area contributed by atoms with Gasteiger partial charge < -0.3 is 5.32 Å². The van der Waals surface area contributed by atoms with Crippen molar-refractivity contribution in [1.29, 1.82) is 0 Å². The topological polar surface area (TPSA) is 83.5 Å². The fourth-order valence-electron chi connectivity index (χ4n) is 1.85. The fraction of sp³-hybridized carbons (Fsp3) is 0.500. The molecule has 0 saturated carbocycles. The van der Waals surface area contributed by atoms with Crippen molar-refractivity contribution < 1.29 is 17.8 Å². The van der Waals surface area contributed by atoms with E-state index >= 15 is 0 Å². The maximum atomic E-state index is 11.8. The van der Waals surface area contributed by atoms with Gasteiger partial charge in [-0.15, -0.1) is 0 Å². The zero-order valence-corrected chi connectivity index (χ0v) is 13.6. The van der Waals surface area contributed by atoms with E-state index in [2.05, 4.69) is 5.32 Å². The highest BCUT2D eigenvalue weighted by molar-refractivity contribution is 7.85. The number of hydrogen-bond donors (Lipinski definition) is 2. The molecule has 0 aromatic heterocycles. The van der Waals surface area contributed by atoms with E-state index in [1.165, 1.54) is 0 Å². The highest BCUT2D eigenvalue weighted by Crippen LogP contribution is 2.20. The summed E-state index contributed by atoms with van der Waals surface area (Å²) in [7, 11) is -4.14. The van der Waals surface area contributed by atoms with Crippen molar-refractivity contribution >= 4 is 27.6 Å². The van der Waals surface area contributed by atoms with Crippen molar-refractivity contribution in [3.05, 3.63) is 34.9 Å². The molecule has 0 aliphatic carbocycles. The summed E-state index contributed by atoms with van der Waals surface area (Å²) in [5.41, 5.74) is 0.696. The first-order valence-corrected chi connectivity index (χ1v) is 8.70. The van der Waals surface area contributed by atoms with Crippen LogP contribution in [0.5, 0.6) is 0 Å². The molecule has 1 aromatic carbocycles. The molecule has 0 heterocycles. The van der Waals surface area contributed by atoms with E-state index in [0.717, 1.165) is 0 Å². The lowest BCUT2D eigenvalue weighted by atomic mass is 10.0. The molecule has 0 aliphatic heterocycles. The number of amides is 1. The Labute approximate surface area is 130 Å². The van der Waals surface area contributed by atoms with Gasteiger partial charge in [0, 0.05) is 23.4 Å². The van der Waals surface area contributed by atoms with Crippen molar-refractivity contribution in [2.45, 2.75) is 26.2 Å². The zero-order valence-electron chi connectivity index (χ0n) is 12.0. The van der Waals surface area contributed by atoms with Gasteiger partial charge in [-0.25, -0.2) is 0 Å². The third kappa shape index (κ3) is 6.46. The Kier molecular flexibility index (Phi) is 6.64. The Hall–Kier alpha value is -1.11. The molecule has 2 unspecified atom stereocenters. The molecule has 1 amide bonds. The number of carbonyl (C=O) groups excluding carboxylic acids is 1. The lowest BCUT2D eigenvalue weighted by Gasteiger charge is -2.18. The van der Waals surface area contributed by atoms with Gasteiger partial charge in [0.1, 0.15) is 0 Å². The molecule has 0 fully saturated rings. The van der Waals surface area contributed by atoms with Crippen LogP contribution in [0.3, 0.4) is 0 Å². The van der Waals surface area contributed by atoms with Crippen LogP contribution in [0.4, 0.5) is 0 Å². The maximum Gasteiger partial charge on any atom is 0.265 e. The molecule has 0 bridgehead atoms. The van der Waals surface area contributed by atoms with E-state index in [1.807, 2.05) is 6.92 Å². The molecule has 0 aliphatic rings. The molecule has 1 rings (SSSR count). The Morgan fingerprint density at radius 3 is 2.38 bits per heavy atom. The van der Waals surface area contributed by atoms with Crippen LogP contribution in [0.15, 0.2) is 24.3 Å². The Balaban J connectivity index is 2.83. The summed E-state index contributed by atoms with van der Waals surface area (Å²) in [6.45, 7) is 3.85. The predicted octanol–water partition coefficient (Wildman–Crippen LogP) is 2.47. The highest BCUT2D eigenvalue weighted by Gasteiger charge is 2.21. The molecule has 5 nitrogen and oxygen atoms in total. The van der Waals surface area contributed by atoms with Crippen LogP contribution in [-0.4, -0.2) is 31.2 Å². The summed E-state index contributed by atoms with van der Waals surface area (Å²) in [5.74, 6) is -1.24. The standard InChI is InChI=1S/C14H20ClNO4S/c1-3-10(2)14(17)16-8-12(9-21(18,19)20)11-4-6-13(15)7-5-11/h4-7,10,12H,3,8-9H2,1-2H3,(H,16,17)(H,18,19,20). The minimum Gasteiger partial charge on any atom is -0.355 e. The van der Waals surface area contributed by atoms with Crippen molar-refractivity contribution in [3.8, 4) is 0 Å². The summed E-state index contributed by atoms with van der Waals surface area (Å²) in [6, 6.07) is 6.66. The lowest BCUT2D eigenvalue weighted by molar-refractivity contribution is -0.124. The molecule has 21 heavy (non-hydrogen) atoms. The van der Waals surface area contributed by atoms with Gasteiger partial charge >= 0.3 is 0 Å². The minimum atomic E-state index is -4.14. The average Bonchev–Trinajstić information content (AvgIpc) is 2.41. The molecular weight excluding hydrogens is 314 g/mol. The van der Waals surface area contributed by atoms with Gasteiger partial charge in [0.05, 0.1) is 5.75 Å². The van der Waals surface area contributed by atoms with E-state index in [-0.39, 0.29) is 18.4 Å². The second-order valence-electron chi connectivity index (χ2n) is 5.05. The van der Waals surface area contributed by atoms with Crippen LogP contribution >= 0.6 is 11.6 Å². The van der Waals surface area contributed by atoms with Crippen LogP contribution in [0.2, 0.25) is 5.02 Å². The molecular formula is C14H20ClNO4S. The predicted molar refractivity (Wildman–Crippen MR) is 83.1 cm³/mol. The first-order valence-electron chi connectivity index (χ1n) is 6.71. The first kappa shape index (κ1) is 17.9. The highest BCUT2D eigenvalue weighted by atomic mass is 35.5. The Morgan fingerprint density at radius 1 is 1.33 bits per heavy atom. The van der Waals surface area contributed by atoms with Gasteiger partial charge in [-0.1, -0.05) is 37.6 Å². The van der Waals surface area contributed by atoms with Gasteiger partial charge in [0.25, 0.3) is 10.1 Å². The van der Waals surface area contributed by atoms with Crippen molar-refractivity contribution in [3.63, 3.8) is 0 Å². The van der Waals surface area contributed by atoms with E-state index < -0.39 is 21.8 Å². The van der Waals surface area contributed by atoms with Crippen LogP contribution in [0.25, 0.3) is 0 Å². The normalized spacial score (nSPS) is 14.5. The molecule has 0 spiro atoms. The van der Waals surface area contributed by atoms with Gasteiger partial charge in [0.2, 0.25) is 5.91 Å². The third-order valence-electron chi connectivity index (χ3n) is 3.34. The van der Waals surface area contributed by atoms with Crippen LogP contribution < -0.4 is 5.32 Å². The monoisotopic (exact) mass is 333 g/mol. The van der Waals surface area contributed by atoms with Crippen molar-refractivity contribution in [2.75, 3.05) is 12.3 Å². The van der Waals surface area contributed by atoms with Crippen LogP contribution in [-0.2, 0) is 14.9 Å². The van der Waals surface area contributed by atoms with E-state index in [9.17, 15) is 13.2 Å². The zero-order chi connectivity index (χ0) is 16.0. The van der Waals surface area contributed by atoms with Gasteiger partial charge in [0.15, 0.2) is 0 Å². The molecule has 118 valence electrons. The summed E-state index contributed by atoms with van der Waals surface area (Å²) >= 11 is 5.80. The van der Waals surface area contributed by atoms with Crippen LogP contribution in [0.1, 0.15) is 31.7 Å². The fourth-order valence-corrected chi connectivity index (χ4v) is 2.79. The molecule has 2 atom stereocenters. The quantitative estimate of drug-likeness (QED) is 0.751. The summed E-state index contributed by atoms with van der Waals surface area (Å²) in [4.78, 5) is 11.8. The molecule has 0 radical (unpaired) electrons. The molecule has 7 heteroatoms. The first-order chi connectivity index (χ1) is 9.73. The largest absolute Gasteiger partial charge is 0.355 e. The number of rotatable bonds is 7. The van der Waals surface area contributed by atoms with Gasteiger partial charge in [-0.05, 0) is 24.1 Å². The second kappa shape index (κ2) is 7.77. The van der Waals surface area contributed by atoms with Crippen molar-refractivity contribution in [1.82, 2.24) is 5.32 Å². The number of benzene rings is 1. The minimum absolute atomic E-state index is 0.133. The Bertz CT molecular complexity index is 571. The van der Waals surface area contributed by atoms with Crippen molar-refractivity contribution in [2.24, 2.45) is 5.92 Å². The number of hydrogen-bond acceptors (Lipinski definition) is 3. The number of carbonyl (C=O) groups is 1. The SMILES string of the molecule is CCC(C)C(=O)NCC(CS(=O)(=O)O)c1ccc(Cl)cc1. The second-order valence-corrected chi connectivity index (χ2v) is 6.99. The molecule has 1 aromatic rings. The van der Waals surface area contributed by atoms with E-state index in [0.29, 0.717) is 17.0 Å². The summed E-state index contributed by atoms with van der Waals surface area (Å²) < 4.78 is 31.3. The molecule has 0 saturated heterocycles. The van der Waals surface area contributed by atoms with E-state index in [4.69, 9.17) is 16.2 Å². The average molecular weight is 334 g/mol. The Morgan fingerprint density at radius 2 is 1.90 bits per heavy atom. The smallest absolute Gasteiger partial charge is 0.265 e. The van der Waals surface area contributed by atoms with Gasteiger partial charge in [-0.2, -0.15) is 8.42 Å². The van der Waals surface area contributed by atoms with Crippen LogP contribution in [0, 0.1) is 5.92 Å². The van der Waals surface area contributed by atoms with Gasteiger partial charge in [-0.3, -0.25) is 9.35 Å². The van der Waals surface area contributed by atoms with E-state index in [1.54, 1.807) is 31.2 Å². The molecule has 2 N–H and O–H groups in total. The number of nitrogens with one attached hydrogen (secondary N) is 1. The third-order valence-corrected chi connectivity index (χ3v) is 4.41. The summed E-state index contributed by atoms with van der Waals surface area (Å²) in [6.07, 6.45) is 0.704. The summed E-state index contributed by atoms with van der Waals surface area (Å²) in [5, 5.41) is 3.26.